The van der Waals surface area contributed by atoms with E-state index in [-0.39, 0.29) is 5.91 Å². The first-order chi connectivity index (χ1) is 10.8. The van der Waals surface area contributed by atoms with E-state index < -0.39 is 0 Å². The van der Waals surface area contributed by atoms with Gasteiger partial charge in [0.15, 0.2) is 0 Å². The largest absolute Gasteiger partial charge is 0.492 e. The predicted molar refractivity (Wildman–Crippen MR) is 87.4 cm³/mol. The van der Waals surface area contributed by atoms with Crippen molar-refractivity contribution in [2.75, 3.05) is 13.2 Å². The Hall–Kier alpha value is -2.29. The Bertz CT molecular complexity index is 637. The van der Waals surface area contributed by atoms with Gasteiger partial charge in [-0.05, 0) is 61.1 Å². The van der Waals surface area contributed by atoms with Gasteiger partial charge in [-0.15, -0.1) is 0 Å². The van der Waals surface area contributed by atoms with Gasteiger partial charge in [0, 0.05) is 5.56 Å². The van der Waals surface area contributed by atoms with Crippen LogP contribution in [0.3, 0.4) is 0 Å². The summed E-state index contributed by atoms with van der Waals surface area (Å²) in [5.74, 6) is 0.801. The van der Waals surface area contributed by atoms with Crippen molar-refractivity contribution in [3.8, 4) is 5.75 Å². The van der Waals surface area contributed by atoms with Gasteiger partial charge in [0.1, 0.15) is 12.4 Å². The van der Waals surface area contributed by atoms with Gasteiger partial charge in [-0.25, -0.2) is 0 Å². The first-order valence-electron chi connectivity index (χ1n) is 7.91. The van der Waals surface area contributed by atoms with Crippen LogP contribution in [0.15, 0.2) is 48.5 Å². The third kappa shape index (κ3) is 3.67. The SMILES string of the molecule is O=C(NCCOc1ccccc1)c1ccc2c(c1)CCCC2. The Labute approximate surface area is 131 Å². The number of ether oxygens (including phenoxy) is 1. The highest BCUT2D eigenvalue weighted by Gasteiger charge is 2.12. The lowest BCUT2D eigenvalue weighted by Crippen LogP contribution is -2.28. The first-order valence-corrected chi connectivity index (χ1v) is 7.91. The molecule has 0 unspecified atom stereocenters. The molecule has 22 heavy (non-hydrogen) atoms. The van der Waals surface area contributed by atoms with Gasteiger partial charge in [-0.3, -0.25) is 4.79 Å². The minimum Gasteiger partial charge on any atom is -0.492 e. The molecule has 3 rings (SSSR count). The maximum atomic E-state index is 12.2. The summed E-state index contributed by atoms with van der Waals surface area (Å²) in [4.78, 5) is 12.2. The molecular weight excluding hydrogens is 274 g/mol. The van der Waals surface area contributed by atoms with Crippen LogP contribution in [0.4, 0.5) is 0 Å². The van der Waals surface area contributed by atoms with Crippen molar-refractivity contribution in [2.24, 2.45) is 0 Å². The molecule has 0 radical (unpaired) electrons. The van der Waals surface area contributed by atoms with Gasteiger partial charge in [0.25, 0.3) is 5.91 Å². The molecule has 0 heterocycles. The van der Waals surface area contributed by atoms with Gasteiger partial charge in [-0.2, -0.15) is 0 Å². The fourth-order valence-electron chi connectivity index (χ4n) is 2.83. The topological polar surface area (TPSA) is 38.3 Å². The third-order valence-corrected chi connectivity index (χ3v) is 4.01. The zero-order valence-corrected chi connectivity index (χ0v) is 12.7. The quantitative estimate of drug-likeness (QED) is 0.859. The van der Waals surface area contributed by atoms with E-state index >= 15 is 0 Å². The van der Waals surface area contributed by atoms with E-state index in [1.807, 2.05) is 42.5 Å². The maximum Gasteiger partial charge on any atom is 0.251 e. The molecule has 1 amide bonds. The zero-order chi connectivity index (χ0) is 15.2. The van der Waals surface area contributed by atoms with E-state index in [9.17, 15) is 4.79 Å². The monoisotopic (exact) mass is 295 g/mol. The van der Waals surface area contributed by atoms with Crippen LogP contribution in [0.2, 0.25) is 0 Å². The number of para-hydroxylation sites is 1. The summed E-state index contributed by atoms with van der Waals surface area (Å²) in [6, 6.07) is 15.7. The number of aryl methyl sites for hydroxylation is 2. The molecule has 0 atom stereocenters. The molecule has 3 nitrogen and oxygen atoms in total. The number of carbonyl (C=O) groups excluding carboxylic acids is 1. The molecule has 0 spiro atoms. The van der Waals surface area contributed by atoms with Crippen LogP contribution in [0.5, 0.6) is 5.75 Å². The number of benzene rings is 2. The summed E-state index contributed by atoms with van der Waals surface area (Å²) >= 11 is 0. The van der Waals surface area contributed by atoms with Crippen molar-refractivity contribution < 1.29 is 9.53 Å². The smallest absolute Gasteiger partial charge is 0.251 e. The number of fused-ring (bicyclic) bond motifs is 1. The van der Waals surface area contributed by atoms with Crippen molar-refractivity contribution in [1.29, 1.82) is 0 Å². The van der Waals surface area contributed by atoms with E-state index in [1.54, 1.807) is 0 Å². The van der Waals surface area contributed by atoms with Gasteiger partial charge in [0.2, 0.25) is 0 Å². The highest BCUT2D eigenvalue weighted by atomic mass is 16.5. The lowest BCUT2D eigenvalue weighted by molar-refractivity contribution is 0.0947. The minimum absolute atomic E-state index is 0.0231. The summed E-state index contributed by atoms with van der Waals surface area (Å²) in [7, 11) is 0. The van der Waals surface area contributed by atoms with Crippen molar-refractivity contribution in [3.63, 3.8) is 0 Å². The predicted octanol–water partition coefficient (Wildman–Crippen LogP) is 3.37. The van der Waals surface area contributed by atoms with Crippen molar-refractivity contribution in [1.82, 2.24) is 5.32 Å². The van der Waals surface area contributed by atoms with E-state index in [0.29, 0.717) is 13.2 Å². The van der Waals surface area contributed by atoms with Crippen molar-refractivity contribution >= 4 is 5.91 Å². The highest BCUT2D eigenvalue weighted by molar-refractivity contribution is 5.94. The fraction of sp³-hybridized carbons (Fsp3) is 0.316. The average molecular weight is 295 g/mol. The van der Waals surface area contributed by atoms with Crippen molar-refractivity contribution in [3.05, 3.63) is 65.2 Å². The number of amides is 1. The molecule has 1 aliphatic carbocycles. The van der Waals surface area contributed by atoms with Crippen LogP contribution in [-0.2, 0) is 12.8 Å². The number of hydrogen-bond acceptors (Lipinski definition) is 2. The summed E-state index contributed by atoms with van der Waals surface area (Å²) in [6.45, 7) is 0.978. The van der Waals surface area contributed by atoms with Crippen LogP contribution in [0.25, 0.3) is 0 Å². The first kappa shape index (κ1) is 14.6. The second-order valence-electron chi connectivity index (χ2n) is 5.61. The Morgan fingerprint density at radius 1 is 1.00 bits per heavy atom. The molecule has 0 saturated heterocycles. The standard InChI is InChI=1S/C19H21NO2/c21-19(20-12-13-22-18-8-2-1-3-9-18)17-11-10-15-6-4-5-7-16(15)14-17/h1-3,8-11,14H,4-7,12-13H2,(H,20,21). The van der Waals surface area contributed by atoms with Crippen molar-refractivity contribution in [2.45, 2.75) is 25.7 Å². The Balaban J connectivity index is 1.49. The average Bonchev–Trinajstić information content (AvgIpc) is 2.59. The zero-order valence-electron chi connectivity index (χ0n) is 12.7. The highest BCUT2D eigenvalue weighted by Crippen LogP contribution is 2.22. The van der Waals surface area contributed by atoms with Crippen LogP contribution < -0.4 is 10.1 Å². The minimum atomic E-state index is -0.0231. The van der Waals surface area contributed by atoms with Crippen LogP contribution in [0, 0.1) is 0 Å². The molecule has 0 aromatic heterocycles. The van der Waals surface area contributed by atoms with Crippen LogP contribution in [-0.4, -0.2) is 19.1 Å². The molecule has 0 aliphatic heterocycles. The Kier molecular flexibility index (Phi) is 4.74. The maximum absolute atomic E-state index is 12.2. The number of nitrogens with one attached hydrogen (secondary N) is 1. The second kappa shape index (κ2) is 7.12. The van der Waals surface area contributed by atoms with Gasteiger partial charge in [0.05, 0.1) is 6.54 Å². The molecular formula is C19H21NO2. The third-order valence-electron chi connectivity index (χ3n) is 4.01. The molecule has 1 N–H and O–H groups in total. The molecule has 1 aliphatic rings. The lowest BCUT2D eigenvalue weighted by atomic mass is 9.90. The molecule has 3 heteroatoms. The number of hydrogen-bond donors (Lipinski definition) is 1. The van der Waals surface area contributed by atoms with Crippen LogP contribution >= 0.6 is 0 Å². The van der Waals surface area contributed by atoms with Gasteiger partial charge in [-0.1, -0.05) is 24.3 Å². The van der Waals surface area contributed by atoms with E-state index in [4.69, 9.17) is 4.74 Å². The summed E-state index contributed by atoms with van der Waals surface area (Å²) in [6.07, 6.45) is 4.72. The lowest BCUT2D eigenvalue weighted by Gasteiger charge is -2.16. The Morgan fingerprint density at radius 3 is 2.59 bits per heavy atom. The second-order valence-corrected chi connectivity index (χ2v) is 5.61. The summed E-state index contributed by atoms with van der Waals surface area (Å²) < 4.78 is 5.57. The normalized spacial score (nSPS) is 13.3. The van der Waals surface area contributed by atoms with Gasteiger partial charge < -0.3 is 10.1 Å². The molecule has 0 bridgehead atoms. The Morgan fingerprint density at radius 2 is 1.77 bits per heavy atom. The summed E-state index contributed by atoms with van der Waals surface area (Å²) in [5.41, 5.74) is 3.48. The van der Waals surface area contributed by atoms with E-state index in [2.05, 4.69) is 11.4 Å². The molecule has 0 fully saturated rings. The molecule has 114 valence electrons. The molecule has 2 aromatic rings. The summed E-state index contributed by atoms with van der Waals surface area (Å²) in [5, 5.41) is 2.91. The fourth-order valence-corrected chi connectivity index (χ4v) is 2.83. The van der Waals surface area contributed by atoms with E-state index in [0.717, 1.165) is 24.2 Å². The van der Waals surface area contributed by atoms with E-state index in [1.165, 1.54) is 24.0 Å². The van der Waals surface area contributed by atoms with Gasteiger partial charge >= 0.3 is 0 Å². The molecule has 2 aromatic carbocycles. The van der Waals surface area contributed by atoms with Crippen LogP contribution in [0.1, 0.15) is 34.3 Å². The number of carbonyl (C=O) groups is 1. The number of rotatable bonds is 5. The molecule has 0 saturated carbocycles.